The largest absolute Gasteiger partial charge is 0.331 e. The zero-order chi connectivity index (χ0) is 23.9. The molecule has 3 aromatic rings. The smallest absolute Gasteiger partial charge is 0.313 e. The molecule has 3 heterocycles. The van der Waals surface area contributed by atoms with Gasteiger partial charge in [-0.3, -0.25) is 23.6 Å². The first-order valence-corrected chi connectivity index (χ1v) is 11.6. The van der Waals surface area contributed by atoms with Crippen LogP contribution in [0.2, 0.25) is 10.3 Å². The van der Waals surface area contributed by atoms with E-state index in [0.717, 1.165) is 9.63 Å². The van der Waals surface area contributed by atoms with Crippen molar-refractivity contribution in [2.45, 2.75) is 40.8 Å². The minimum absolute atomic E-state index is 0.147. The van der Waals surface area contributed by atoms with Crippen molar-refractivity contribution in [2.75, 3.05) is 13.7 Å². The standard InChI is InChI=1S/C20H25Cl2N5O4S/c1-7-27(31-6)18(29)13-12(9-25-11(4)23-15(21)16(25)22)32-19-14(13)17(28)24(5)20(30)26(19)8-10(2)3/h10H,7-9H2,1-6H3. The number of hydrogen-bond donors (Lipinski definition) is 0. The summed E-state index contributed by atoms with van der Waals surface area (Å²) in [6.45, 7) is 8.29. The molecule has 0 aliphatic rings. The minimum atomic E-state index is -0.533. The molecule has 12 heteroatoms. The fraction of sp³-hybridized carbons (Fsp3) is 0.500. The van der Waals surface area contributed by atoms with Crippen LogP contribution in [0, 0.1) is 12.8 Å². The van der Waals surface area contributed by atoms with Crippen molar-refractivity contribution in [3.8, 4) is 0 Å². The van der Waals surface area contributed by atoms with E-state index in [2.05, 4.69) is 4.98 Å². The SMILES string of the molecule is CCN(OC)C(=O)c1c(Cn2c(C)nc(Cl)c2Cl)sc2c1c(=O)n(C)c(=O)n2CC(C)C. The number of carbonyl (C=O) groups excluding carboxylic acids is 1. The lowest BCUT2D eigenvalue weighted by Gasteiger charge is -2.18. The molecule has 32 heavy (non-hydrogen) atoms. The zero-order valence-electron chi connectivity index (χ0n) is 18.7. The molecule has 0 aliphatic carbocycles. The van der Waals surface area contributed by atoms with Gasteiger partial charge in [-0.05, 0) is 19.8 Å². The average molecular weight is 502 g/mol. The highest BCUT2D eigenvalue weighted by Gasteiger charge is 2.29. The fourth-order valence-corrected chi connectivity index (χ4v) is 5.27. The van der Waals surface area contributed by atoms with Gasteiger partial charge in [-0.2, -0.15) is 0 Å². The molecule has 0 radical (unpaired) electrons. The summed E-state index contributed by atoms with van der Waals surface area (Å²) in [6.07, 6.45) is 0. The van der Waals surface area contributed by atoms with Gasteiger partial charge < -0.3 is 4.57 Å². The Kier molecular flexibility index (Phi) is 7.18. The van der Waals surface area contributed by atoms with Crippen LogP contribution in [0.1, 0.15) is 41.8 Å². The number of imidazole rings is 1. The molecule has 1 amide bonds. The first kappa shape index (κ1) is 24.5. The average Bonchev–Trinajstić information content (AvgIpc) is 3.23. The van der Waals surface area contributed by atoms with Crippen LogP contribution >= 0.6 is 34.5 Å². The topological polar surface area (TPSA) is 91.4 Å². The van der Waals surface area contributed by atoms with E-state index < -0.39 is 17.2 Å². The Morgan fingerprint density at radius 1 is 1.25 bits per heavy atom. The number of carbonyl (C=O) groups is 1. The Bertz CT molecular complexity index is 1300. The summed E-state index contributed by atoms with van der Waals surface area (Å²) in [6, 6.07) is 0. The molecule has 0 spiro atoms. The van der Waals surface area contributed by atoms with Crippen molar-refractivity contribution in [2.24, 2.45) is 13.0 Å². The van der Waals surface area contributed by atoms with Crippen molar-refractivity contribution in [3.05, 3.63) is 47.4 Å². The second kappa shape index (κ2) is 9.38. The molecule has 0 aromatic carbocycles. The Hall–Kier alpha value is -2.14. The molecule has 0 saturated carbocycles. The predicted molar refractivity (Wildman–Crippen MR) is 126 cm³/mol. The number of hydroxylamine groups is 2. The van der Waals surface area contributed by atoms with Crippen LogP contribution < -0.4 is 11.2 Å². The molecule has 9 nitrogen and oxygen atoms in total. The molecule has 0 atom stereocenters. The first-order chi connectivity index (χ1) is 15.0. The number of amides is 1. The molecule has 0 bridgehead atoms. The van der Waals surface area contributed by atoms with E-state index in [1.165, 1.54) is 25.5 Å². The number of halogens is 2. The highest BCUT2D eigenvalue weighted by atomic mass is 35.5. The maximum atomic E-state index is 13.4. The molecule has 3 aromatic heterocycles. The summed E-state index contributed by atoms with van der Waals surface area (Å²) in [5, 5.41) is 1.73. The van der Waals surface area contributed by atoms with Gasteiger partial charge in [0, 0.05) is 25.0 Å². The molecule has 0 fully saturated rings. The summed E-state index contributed by atoms with van der Waals surface area (Å²) < 4.78 is 4.24. The third kappa shape index (κ3) is 4.12. The van der Waals surface area contributed by atoms with E-state index in [1.807, 2.05) is 13.8 Å². The number of aromatic nitrogens is 4. The third-order valence-corrected chi connectivity index (χ3v) is 7.04. The monoisotopic (exact) mass is 501 g/mol. The molecule has 0 unspecified atom stereocenters. The second-order valence-corrected chi connectivity index (χ2v) is 9.54. The van der Waals surface area contributed by atoms with Crippen LogP contribution in [-0.2, 0) is 25.0 Å². The summed E-state index contributed by atoms with van der Waals surface area (Å²) >= 11 is 13.6. The lowest BCUT2D eigenvalue weighted by atomic mass is 10.1. The molecule has 0 N–H and O–H groups in total. The maximum Gasteiger partial charge on any atom is 0.331 e. The van der Waals surface area contributed by atoms with Gasteiger partial charge in [0.1, 0.15) is 15.8 Å². The molecule has 0 saturated heterocycles. The van der Waals surface area contributed by atoms with Crippen LogP contribution in [0.5, 0.6) is 0 Å². The highest BCUT2D eigenvalue weighted by Crippen LogP contribution is 2.33. The van der Waals surface area contributed by atoms with Gasteiger partial charge in [0.25, 0.3) is 11.5 Å². The van der Waals surface area contributed by atoms with E-state index in [1.54, 1.807) is 23.0 Å². The molecular weight excluding hydrogens is 477 g/mol. The summed E-state index contributed by atoms with van der Waals surface area (Å²) in [5.74, 6) is 0.235. The van der Waals surface area contributed by atoms with Crippen molar-refractivity contribution in [1.29, 1.82) is 0 Å². The van der Waals surface area contributed by atoms with Gasteiger partial charge in [0.15, 0.2) is 5.15 Å². The van der Waals surface area contributed by atoms with E-state index >= 15 is 0 Å². The van der Waals surface area contributed by atoms with Gasteiger partial charge in [0.2, 0.25) is 0 Å². The molecule has 3 rings (SSSR count). The fourth-order valence-electron chi connectivity index (χ4n) is 3.55. The van der Waals surface area contributed by atoms with Crippen molar-refractivity contribution in [1.82, 2.24) is 23.7 Å². The molecular formula is C20H25Cl2N5O4S. The number of fused-ring (bicyclic) bond motifs is 1. The van der Waals surface area contributed by atoms with E-state index in [9.17, 15) is 14.4 Å². The van der Waals surface area contributed by atoms with Crippen molar-refractivity contribution >= 4 is 50.7 Å². The van der Waals surface area contributed by atoms with Gasteiger partial charge in [-0.1, -0.05) is 37.0 Å². The van der Waals surface area contributed by atoms with Crippen LogP contribution in [0.3, 0.4) is 0 Å². The number of aryl methyl sites for hydroxylation is 1. The maximum absolute atomic E-state index is 13.4. The van der Waals surface area contributed by atoms with Crippen LogP contribution in [0.4, 0.5) is 0 Å². The lowest BCUT2D eigenvalue weighted by molar-refractivity contribution is -0.0914. The number of hydrogen-bond acceptors (Lipinski definition) is 6. The lowest BCUT2D eigenvalue weighted by Crippen LogP contribution is -2.39. The Morgan fingerprint density at radius 3 is 2.41 bits per heavy atom. The third-order valence-electron chi connectivity index (χ3n) is 5.10. The molecule has 174 valence electrons. The Labute approximate surface area is 198 Å². The van der Waals surface area contributed by atoms with Crippen LogP contribution in [0.25, 0.3) is 10.2 Å². The number of nitrogens with zero attached hydrogens (tertiary/aromatic N) is 5. The van der Waals surface area contributed by atoms with Gasteiger partial charge >= 0.3 is 5.69 Å². The minimum Gasteiger partial charge on any atom is -0.313 e. The van der Waals surface area contributed by atoms with Crippen LogP contribution in [-0.4, -0.2) is 43.3 Å². The number of thiophene rings is 1. The van der Waals surface area contributed by atoms with Gasteiger partial charge in [0.05, 0.1) is 24.6 Å². The summed E-state index contributed by atoms with van der Waals surface area (Å²) in [4.78, 5) is 49.9. The molecule has 0 aliphatic heterocycles. The number of rotatable bonds is 7. The van der Waals surface area contributed by atoms with E-state index in [0.29, 0.717) is 22.1 Å². The predicted octanol–water partition coefficient (Wildman–Crippen LogP) is 3.30. The van der Waals surface area contributed by atoms with Crippen molar-refractivity contribution in [3.63, 3.8) is 0 Å². The van der Waals surface area contributed by atoms with Gasteiger partial charge in [-0.25, -0.2) is 14.8 Å². The van der Waals surface area contributed by atoms with Gasteiger partial charge in [-0.15, -0.1) is 11.3 Å². The zero-order valence-corrected chi connectivity index (χ0v) is 21.1. The van der Waals surface area contributed by atoms with Crippen molar-refractivity contribution < 1.29 is 9.63 Å². The second-order valence-electron chi connectivity index (χ2n) is 7.74. The Balaban J connectivity index is 2.41. The Morgan fingerprint density at radius 2 is 1.91 bits per heavy atom. The quantitative estimate of drug-likeness (QED) is 0.463. The summed E-state index contributed by atoms with van der Waals surface area (Å²) in [5.41, 5.74) is -0.774. The van der Waals surface area contributed by atoms with E-state index in [-0.39, 0.29) is 40.3 Å². The normalized spacial score (nSPS) is 11.7. The highest BCUT2D eigenvalue weighted by molar-refractivity contribution is 7.19. The van der Waals surface area contributed by atoms with E-state index in [4.69, 9.17) is 28.0 Å². The summed E-state index contributed by atoms with van der Waals surface area (Å²) in [7, 11) is 2.80. The first-order valence-electron chi connectivity index (χ1n) is 10.0. The van der Waals surface area contributed by atoms with Crippen LogP contribution in [0.15, 0.2) is 9.59 Å².